The largest absolute Gasteiger partial charge is 0.332 e. The molecule has 0 atom stereocenters. The van der Waals surface area contributed by atoms with Gasteiger partial charge in [-0.1, -0.05) is 29.4 Å². The maximum atomic E-state index is 11.6. The molecular weight excluding hydrogens is 282 g/mol. The Labute approximate surface area is 97.2 Å². The average molecular weight is 294 g/mol. The van der Waals surface area contributed by atoms with Gasteiger partial charge < -0.3 is 4.98 Å². The van der Waals surface area contributed by atoms with Gasteiger partial charge in [0.2, 0.25) is 0 Å². The molecule has 1 rings (SSSR count). The molecule has 1 aromatic rings. The van der Waals surface area contributed by atoms with E-state index in [9.17, 15) is 8.42 Å². The van der Waals surface area contributed by atoms with E-state index in [1.54, 1.807) is 0 Å². The summed E-state index contributed by atoms with van der Waals surface area (Å²) in [5, 5.41) is 0.0769. The van der Waals surface area contributed by atoms with Gasteiger partial charge in [-0.05, 0) is 0 Å². The number of aromatic nitrogens is 2. The van der Waals surface area contributed by atoms with Crippen LogP contribution in [0.5, 0.6) is 0 Å². The van der Waals surface area contributed by atoms with Gasteiger partial charge >= 0.3 is 0 Å². The first kappa shape index (κ1) is 12.4. The maximum absolute atomic E-state index is 11.6. The number of imidazole rings is 1. The number of hydrogen-bond acceptors (Lipinski definition) is 3. The molecule has 0 saturated heterocycles. The smallest absolute Gasteiger partial charge is 0.257 e. The van der Waals surface area contributed by atoms with Crippen LogP contribution in [-0.2, 0) is 16.4 Å². The molecule has 0 radical (unpaired) electrons. The lowest BCUT2D eigenvalue weighted by molar-refractivity contribution is 0.582. The summed E-state index contributed by atoms with van der Waals surface area (Å²) >= 11 is 3.07. The molecule has 84 valence electrons. The van der Waals surface area contributed by atoms with E-state index in [2.05, 4.69) is 37.2 Å². The number of H-pyrrole nitrogens is 1. The lowest BCUT2D eigenvalue weighted by Gasteiger charge is -2.02. The molecule has 0 fully saturated rings. The van der Waals surface area contributed by atoms with E-state index >= 15 is 0 Å². The quantitative estimate of drug-likeness (QED) is 0.855. The van der Waals surface area contributed by atoms with Crippen molar-refractivity contribution in [1.82, 2.24) is 14.7 Å². The number of nitrogens with zero attached hydrogens (tertiary/aromatic N) is 1. The molecule has 0 aliphatic heterocycles. The summed E-state index contributed by atoms with van der Waals surface area (Å²) in [6, 6.07) is 0. The first-order valence-electron chi connectivity index (χ1n) is 4.32. The van der Waals surface area contributed by atoms with Gasteiger partial charge in [-0.2, -0.15) is 0 Å². The second-order valence-corrected chi connectivity index (χ2v) is 5.75. The van der Waals surface area contributed by atoms with Crippen LogP contribution in [0, 0.1) is 0 Å². The van der Waals surface area contributed by atoms with Crippen molar-refractivity contribution in [3.05, 3.63) is 23.1 Å². The molecule has 0 aliphatic rings. The summed E-state index contributed by atoms with van der Waals surface area (Å²) in [6.45, 7) is 5.58. The van der Waals surface area contributed by atoms with Gasteiger partial charge in [0, 0.05) is 17.4 Å². The van der Waals surface area contributed by atoms with Gasteiger partial charge in [-0.3, -0.25) is 0 Å². The van der Waals surface area contributed by atoms with E-state index in [0.717, 1.165) is 0 Å². The van der Waals surface area contributed by atoms with Crippen molar-refractivity contribution in [2.24, 2.45) is 0 Å². The Balaban J connectivity index is 2.81. The zero-order chi connectivity index (χ0) is 11.5. The van der Waals surface area contributed by atoms with Crippen molar-refractivity contribution >= 4 is 26.0 Å². The van der Waals surface area contributed by atoms with Crippen LogP contribution in [0.2, 0.25) is 0 Å². The SMILES string of the molecule is C=C(Br)CNS(=O)(=O)c1cnc(CC)[nH]1. The molecule has 5 nitrogen and oxygen atoms in total. The second-order valence-electron chi connectivity index (χ2n) is 2.89. The van der Waals surface area contributed by atoms with Crippen LogP contribution in [0.4, 0.5) is 0 Å². The Kier molecular flexibility index (Phi) is 4.06. The van der Waals surface area contributed by atoms with Crippen LogP contribution in [0.25, 0.3) is 0 Å². The maximum Gasteiger partial charge on any atom is 0.257 e. The molecule has 0 aromatic carbocycles. The van der Waals surface area contributed by atoms with Crippen molar-refractivity contribution < 1.29 is 8.42 Å². The Morgan fingerprint density at radius 3 is 2.87 bits per heavy atom. The second kappa shape index (κ2) is 4.91. The molecule has 0 saturated carbocycles. The summed E-state index contributed by atoms with van der Waals surface area (Å²) in [7, 11) is -3.50. The Bertz CT molecular complexity index is 452. The van der Waals surface area contributed by atoms with Crippen LogP contribution in [0.15, 0.2) is 22.3 Å². The predicted octanol–water partition coefficient (Wildman–Crippen LogP) is 1.16. The third kappa shape index (κ3) is 3.44. The lowest BCUT2D eigenvalue weighted by atomic mass is 10.5. The topological polar surface area (TPSA) is 74.8 Å². The molecule has 0 aliphatic carbocycles. The molecule has 0 unspecified atom stereocenters. The fourth-order valence-electron chi connectivity index (χ4n) is 0.911. The zero-order valence-electron chi connectivity index (χ0n) is 8.25. The summed E-state index contributed by atoms with van der Waals surface area (Å²) in [5.74, 6) is 0.646. The van der Waals surface area contributed by atoms with E-state index in [4.69, 9.17) is 0 Å². The minimum absolute atomic E-state index is 0.0769. The van der Waals surface area contributed by atoms with Crippen molar-refractivity contribution in [3.63, 3.8) is 0 Å². The predicted molar refractivity (Wildman–Crippen MR) is 61.2 cm³/mol. The Hall–Kier alpha value is -0.660. The van der Waals surface area contributed by atoms with Gasteiger partial charge in [-0.15, -0.1) is 0 Å². The Morgan fingerprint density at radius 1 is 1.73 bits per heavy atom. The van der Waals surface area contributed by atoms with Crippen LogP contribution >= 0.6 is 15.9 Å². The molecule has 0 spiro atoms. The zero-order valence-corrected chi connectivity index (χ0v) is 10.7. The summed E-state index contributed by atoms with van der Waals surface area (Å²) < 4.78 is 26.2. The van der Waals surface area contributed by atoms with E-state index in [0.29, 0.717) is 16.7 Å². The summed E-state index contributed by atoms with van der Waals surface area (Å²) in [5.41, 5.74) is 0. The highest BCUT2D eigenvalue weighted by Crippen LogP contribution is 2.07. The third-order valence-corrected chi connectivity index (χ3v) is 3.27. The number of nitrogens with one attached hydrogen (secondary N) is 2. The number of aromatic amines is 1. The van der Waals surface area contributed by atoms with Crippen molar-refractivity contribution in [3.8, 4) is 0 Å². The first-order valence-corrected chi connectivity index (χ1v) is 6.60. The lowest BCUT2D eigenvalue weighted by Crippen LogP contribution is -2.25. The number of halogens is 1. The average Bonchev–Trinajstić information content (AvgIpc) is 2.63. The molecule has 2 N–H and O–H groups in total. The fourth-order valence-corrected chi connectivity index (χ4v) is 2.20. The minimum atomic E-state index is -3.50. The molecule has 1 heterocycles. The standard InChI is InChI=1S/C8H12BrN3O2S/c1-3-7-10-5-8(12-7)15(13,14)11-4-6(2)9/h5,11H,2-4H2,1H3,(H,10,12). The van der Waals surface area contributed by atoms with E-state index in [1.165, 1.54) is 6.20 Å². The molecule has 7 heteroatoms. The molecule has 0 amide bonds. The molecule has 1 aromatic heterocycles. The van der Waals surface area contributed by atoms with Crippen LogP contribution in [-0.4, -0.2) is 24.9 Å². The van der Waals surface area contributed by atoms with Gasteiger partial charge in [-0.25, -0.2) is 18.1 Å². The van der Waals surface area contributed by atoms with Crippen molar-refractivity contribution in [1.29, 1.82) is 0 Å². The highest BCUT2D eigenvalue weighted by atomic mass is 79.9. The summed E-state index contributed by atoms with van der Waals surface area (Å²) in [6.07, 6.45) is 1.97. The van der Waals surface area contributed by atoms with Crippen LogP contribution < -0.4 is 4.72 Å². The number of hydrogen-bond donors (Lipinski definition) is 2. The fraction of sp³-hybridized carbons (Fsp3) is 0.375. The summed E-state index contributed by atoms with van der Waals surface area (Å²) in [4.78, 5) is 6.64. The highest BCUT2D eigenvalue weighted by molar-refractivity contribution is 9.11. The number of rotatable bonds is 5. The van der Waals surface area contributed by atoms with Crippen molar-refractivity contribution in [2.45, 2.75) is 18.4 Å². The molecule has 15 heavy (non-hydrogen) atoms. The number of sulfonamides is 1. The molecular formula is C8H12BrN3O2S. The van der Waals surface area contributed by atoms with Gasteiger partial charge in [0.1, 0.15) is 5.82 Å². The van der Waals surface area contributed by atoms with Gasteiger partial charge in [0.15, 0.2) is 5.03 Å². The molecule has 0 bridgehead atoms. The Morgan fingerprint density at radius 2 is 2.40 bits per heavy atom. The minimum Gasteiger partial charge on any atom is -0.332 e. The van der Waals surface area contributed by atoms with Crippen LogP contribution in [0.1, 0.15) is 12.7 Å². The van der Waals surface area contributed by atoms with E-state index < -0.39 is 10.0 Å². The number of aryl methyl sites for hydroxylation is 1. The normalized spacial score (nSPS) is 11.6. The highest BCUT2D eigenvalue weighted by Gasteiger charge is 2.16. The van der Waals surface area contributed by atoms with Gasteiger partial charge in [0.05, 0.1) is 6.20 Å². The van der Waals surface area contributed by atoms with Crippen LogP contribution in [0.3, 0.4) is 0 Å². The van der Waals surface area contributed by atoms with Gasteiger partial charge in [0.25, 0.3) is 10.0 Å². The van der Waals surface area contributed by atoms with E-state index in [-0.39, 0.29) is 11.6 Å². The van der Waals surface area contributed by atoms with Crippen molar-refractivity contribution in [2.75, 3.05) is 6.54 Å². The first-order chi connectivity index (χ1) is 6.95. The monoisotopic (exact) mass is 293 g/mol. The third-order valence-electron chi connectivity index (χ3n) is 1.68. The van der Waals surface area contributed by atoms with E-state index in [1.807, 2.05) is 6.92 Å².